The molecule has 0 spiro atoms. The first kappa shape index (κ1) is 12.3. The summed E-state index contributed by atoms with van der Waals surface area (Å²) in [5.41, 5.74) is 2.92. The molecule has 1 N–H and O–H groups in total. The molecule has 0 aliphatic carbocycles. The highest BCUT2D eigenvalue weighted by atomic mass is 35.5. The van der Waals surface area contributed by atoms with E-state index >= 15 is 0 Å². The number of fused-ring (bicyclic) bond motifs is 1. The molecule has 0 saturated carbocycles. The lowest BCUT2D eigenvalue weighted by Gasteiger charge is -2.06. The SMILES string of the molecule is Cc1cnc2c(c1)[nH]c(=S)n2-c1cc(F)ccc1Cl. The number of imidazole rings is 1. The van der Waals surface area contributed by atoms with E-state index < -0.39 is 0 Å². The molecule has 2 heterocycles. The van der Waals surface area contributed by atoms with Crippen molar-refractivity contribution < 1.29 is 4.39 Å². The second-order valence-electron chi connectivity index (χ2n) is 4.25. The lowest BCUT2D eigenvalue weighted by molar-refractivity contribution is 0.626. The third kappa shape index (κ3) is 2.05. The summed E-state index contributed by atoms with van der Waals surface area (Å²) in [7, 11) is 0. The second-order valence-corrected chi connectivity index (χ2v) is 5.04. The first-order chi connectivity index (χ1) is 9.06. The molecular weight excluding hydrogens is 285 g/mol. The summed E-state index contributed by atoms with van der Waals surface area (Å²) in [6.45, 7) is 1.94. The van der Waals surface area contributed by atoms with Crippen molar-refractivity contribution in [1.82, 2.24) is 14.5 Å². The number of benzene rings is 1. The molecule has 0 radical (unpaired) electrons. The summed E-state index contributed by atoms with van der Waals surface area (Å²) in [6, 6.07) is 6.08. The third-order valence-corrected chi connectivity index (χ3v) is 3.41. The van der Waals surface area contributed by atoms with Gasteiger partial charge in [0.15, 0.2) is 10.4 Å². The van der Waals surface area contributed by atoms with Gasteiger partial charge in [0.25, 0.3) is 0 Å². The number of aromatic nitrogens is 3. The number of rotatable bonds is 1. The minimum absolute atomic E-state index is 0.372. The summed E-state index contributed by atoms with van der Waals surface area (Å²) in [5, 5.41) is 0.417. The predicted octanol–water partition coefficient (Wildman–Crippen LogP) is 4.18. The Labute approximate surface area is 118 Å². The molecule has 1 aromatic carbocycles. The molecule has 0 fully saturated rings. The second kappa shape index (κ2) is 4.43. The van der Waals surface area contributed by atoms with E-state index in [0.29, 0.717) is 21.1 Å². The molecule has 0 aliphatic rings. The van der Waals surface area contributed by atoms with Crippen LogP contribution in [0.1, 0.15) is 5.56 Å². The number of hydrogen-bond acceptors (Lipinski definition) is 2. The van der Waals surface area contributed by atoms with Gasteiger partial charge in [-0.2, -0.15) is 0 Å². The molecule has 0 unspecified atom stereocenters. The molecule has 0 bridgehead atoms. The van der Waals surface area contributed by atoms with Crippen LogP contribution in [-0.4, -0.2) is 14.5 Å². The summed E-state index contributed by atoms with van der Waals surface area (Å²) in [5.74, 6) is -0.372. The van der Waals surface area contributed by atoms with E-state index in [1.165, 1.54) is 18.2 Å². The van der Waals surface area contributed by atoms with Gasteiger partial charge in [0.1, 0.15) is 5.82 Å². The lowest BCUT2D eigenvalue weighted by atomic mass is 10.3. The van der Waals surface area contributed by atoms with Gasteiger partial charge in [0.2, 0.25) is 0 Å². The van der Waals surface area contributed by atoms with Gasteiger partial charge in [-0.3, -0.25) is 4.57 Å². The molecule has 0 amide bonds. The number of H-pyrrole nitrogens is 1. The van der Waals surface area contributed by atoms with E-state index in [9.17, 15) is 4.39 Å². The van der Waals surface area contributed by atoms with Crippen LogP contribution >= 0.6 is 23.8 Å². The van der Waals surface area contributed by atoms with Gasteiger partial charge in [0.05, 0.1) is 16.2 Å². The number of pyridine rings is 1. The Hall–Kier alpha value is -1.72. The molecule has 0 atom stereocenters. The molecule has 2 aromatic heterocycles. The van der Waals surface area contributed by atoms with Crippen molar-refractivity contribution in [1.29, 1.82) is 0 Å². The summed E-state index contributed by atoms with van der Waals surface area (Å²) >= 11 is 11.4. The Morgan fingerprint density at radius 1 is 1.37 bits per heavy atom. The number of nitrogens with zero attached hydrogens (tertiary/aromatic N) is 2. The van der Waals surface area contributed by atoms with E-state index in [0.717, 1.165) is 11.1 Å². The average molecular weight is 294 g/mol. The molecule has 19 heavy (non-hydrogen) atoms. The van der Waals surface area contributed by atoms with Crippen molar-refractivity contribution in [2.75, 3.05) is 0 Å². The van der Waals surface area contributed by atoms with E-state index in [4.69, 9.17) is 23.8 Å². The fourth-order valence-electron chi connectivity index (χ4n) is 1.98. The van der Waals surface area contributed by atoms with Crippen LogP contribution in [0.25, 0.3) is 16.9 Å². The van der Waals surface area contributed by atoms with Crippen molar-refractivity contribution >= 4 is 35.0 Å². The minimum atomic E-state index is -0.372. The highest BCUT2D eigenvalue weighted by Gasteiger charge is 2.11. The van der Waals surface area contributed by atoms with E-state index in [-0.39, 0.29) is 5.82 Å². The van der Waals surface area contributed by atoms with Gasteiger partial charge in [-0.15, -0.1) is 0 Å². The van der Waals surface area contributed by atoms with Gasteiger partial charge >= 0.3 is 0 Å². The predicted molar refractivity (Wildman–Crippen MR) is 76.0 cm³/mol. The van der Waals surface area contributed by atoms with E-state index in [2.05, 4.69) is 9.97 Å². The van der Waals surface area contributed by atoms with Gasteiger partial charge in [-0.1, -0.05) is 11.6 Å². The van der Waals surface area contributed by atoms with Crippen molar-refractivity contribution in [2.24, 2.45) is 0 Å². The first-order valence-corrected chi connectivity index (χ1v) is 6.37. The Bertz CT molecular complexity index is 838. The molecule has 3 nitrogen and oxygen atoms in total. The monoisotopic (exact) mass is 293 g/mol. The minimum Gasteiger partial charge on any atom is -0.329 e. The quantitative estimate of drug-likeness (QED) is 0.683. The summed E-state index contributed by atoms with van der Waals surface area (Å²) in [4.78, 5) is 7.38. The normalized spacial score (nSPS) is 11.1. The number of nitrogens with one attached hydrogen (secondary N) is 1. The highest BCUT2D eigenvalue weighted by molar-refractivity contribution is 7.71. The Balaban J connectivity index is 2.39. The number of hydrogen-bond donors (Lipinski definition) is 1. The Kier molecular flexibility index (Phi) is 2.88. The fraction of sp³-hybridized carbons (Fsp3) is 0.0769. The van der Waals surface area contributed by atoms with Gasteiger partial charge in [0, 0.05) is 6.20 Å². The van der Waals surface area contributed by atoms with Crippen LogP contribution in [-0.2, 0) is 0 Å². The maximum Gasteiger partial charge on any atom is 0.184 e. The molecule has 96 valence electrons. The number of aromatic amines is 1. The largest absolute Gasteiger partial charge is 0.329 e. The van der Waals surface area contributed by atoms with Crippen LogP contribution in [0.4, 0.5) is 4.39 Å². The Morgan fingerprint density at radius 2 is 2.16 bits per heavy atom. The van der Waals surface area contributed by atoms with Gasteiger partial charge < -0.3 is 4.98 Å². The highest BCUT2D eigenvalue weighted by Crippen LogP contribution is 2.25. The standard InChI is InChI=1S/C13H9ClFN3S/c1-7-4-10-12(16-6-7)18(13(19)17-10)11-5-8(15)2-3-9(11)14/h2-6H,1H3,(H,17,19). The molecule has 0 aliphatic heterocycles. The number of halogens is 2. The smallest absolute Gasteiger partial charge is 0.184 e. The summed E-state index contributed by atoms with van der Waals surface area (Å²) < 4.78 is 15.5. The molecule has 0 saturated heterocycles. The fourth-order valence-corrected chi connectivity index (χ4v) is 2.48. The van der Waals surface area contributed by atoms with Crippen LogP contribution in [0.15, 0.2) is 30.5 Å². The van der Waals surface area contributed by atoms with E-state index in [1.54, 1.807) is 10.8 Å². The zero-order valence-corrected chi connectivity index (χ0v) is 11.5. The van der Waals surface area contributed by atoms with Crippen LogP contribution in [0, 0.1) is 17.5 Å². The summed E-state index contributed by atoms with van der Waals surface area (Å²) in [6.07, 6.45) is 1.73. The van der Waals surface area contributed by atoms with E-state index in [1.807, 2.05) is 13.0 Å². The zero-order chi connectivity index (χ0) is 13.6. The van der Waals surface area contributed by atoms with Crippen molar-refractivity contribution in [2.45, 2.75) is 6.92 Å². The van der Waals surface area contributed by atoms with Crippen LogP contribution in [0.2, 0.25) is 5.02 Å². The molecule has 6 heteroatoms. The van der Waals surface area contributed by atoms with Crippen molar-refractivity contribution in [3.8, 4) is 5.69 Å². The van der Waals surface area contributed by atoms with Gasteiger partial charge in [-0.25, -0.2) is 9.37 Å². The lowest BCUT2D eigenvalue weighted by Crippen LogP contribution is -1.97. The maximum absolute atomic E-state index is 13.4. The maximum atomic E-state index is 13.4. The van der Waals surface area contributed by atoms with Crippen molar-refractivity contribution in [3.05, 3.63) is 51.6 Å². The number of aryl methyl sites for hydroxylation is 1. The van der Waals surface area contributed by atoms with Gasteiger partial charge in [-0.05, 0) is 49.0 Å². The Morgan fingerprint density at radius 3 is 2.95 bits per heavy atom. The average Bonchev–Trinajstić information content (AvgIpc) is 2.67. The molecule has 3 aromatic rings. The van der Waals surface area contributed by atoms with Crippen molar-refractivity contribution in [3.63, 3.8) is 0 Å². The van der Waals surface area contributed by atoms with Crippen LogP contribution < -0.4 is 0 Å². The zero-order valence-electron chi connectivity index (χ0n) is 9.95. The van der Waals surface area contributed by atoms with Crippen LogP contribution in [0.5, 0.6) is 0 Å². The topological polar surface area (TPSA) is 33.6 Å². The van der Waals surface area contributed by atoms with Crippen LogP contribution in [0.3, 0.4) is 0 Å². The molecular formula is C13H9ClFN3S. The molecule has 3 rings (SSSR count). The third-order valence-electron chi connectivity index (χ3n) is 2.81. The first-order valence-electron chi connectivity index (χ1n) is 5.59.